The molecule has 0 fully saturated rings. The Labute approximate surface area is 237 Å². The van der Waals surface area contributed by atoms with Gasteiger partial charge in [-0.25, -0.2) is 9.78 Å². The number of aliphatic hydroxyl groups excluding tert-OH is 1. The van der Waals surface area contributed by atoms with Gasteiger partial charge >= 0.3 is 6.09 Å². The summed E-state index contributed by atoms with van der Waals surface area (Å²) in [5.41, 5.74) is 4.20. The molecule has 39 heavy (non-hydrogen) atoms. The number of anilines is 3. The highest BCUT2D eigenvalue weighted by atomic mass is 35.5. The molecule has 10 heteroatoms. The molecule has 0 spiro atoms. The molecule has 0 atom stereocenters. The molecule has 3 aromatic carbocycles. The van der Waals surface area contributed by atoms with Crippen LogP contribution in [-0.2, 0) is 11.3 Å². The SMILES string of the molecule is CCOC(=O)Nc1cc(CO)cc(Nc2c3ccccc3nc3c(OCCN(CCCl)CCCl)cccc23)c1. The third kappa shape index (κ3) is 7.42. The zero-order chi connectivity index (χ0) is 27.6. The second-order valence-electron chi connectivity index (χ2n) is 8.77. The maximum Gasteiger partial charge on any atom is 0.411 e. The number of carbonyl (C=O) groups is 1. The van der Waals surface area contributed by atoms with Crippen molar-refractivity contribution in [1.29, 1.82) is 0 Å². The van der Waals surface area contributed by atoms with Gasteiger partial charge in [-0.2, -0.15) is 0 Å². The van der Waals surface area contributed by atoms with E-state index in [1.807, 2.05) is 48.5 Å². The number of hydrogen-bond donors (Lipinski definition) is 3. The summed E-state index contributed by atoms with van der Waals surface area (Å²) in [6, 6.07) is 19.0. The average molecular weight is 572 g/mol. The van der Waals surface area contributed by atoms with Crippen LogP contribution in [0.25, 0.3) is 21.8 Å². The van der Waals surface area contributed by atoms with E-state index in [4.69, 9.17) is 37.7 Å². The average Bonchev–Trinajstić information content (AvgIpc) is 2.93. The maximum atomic E-state index is 12.0. The lowest BCUT2D eigenvalue weighted by Gasteiger charge is -2.20. The Bertz CT molecular complexity index is 1410. The Morgan fingerprint density at radius 3 is 2.46 bits per heavy atom. The number of alkyl halides is 2. The number of benzene rings is 3. The molecular formula is C29H32Cl2N4O4. The Hall–Kier alpha value is -3.30. The molecule has 0 bridgehead atoms. The Morgan fingerprint density at radius 1 is 0.974 bits per heavy atom. The zero-order valence-corrected chi connectivity index (χ0v) is 23.3. The predicted octanol–water partition coefficient (Wildman–Crippen LogP) is 6.35. The molecule has 4 rings (SSSR count). The molecule has 0 saturated carbocycles. The van der Waals surface area contributed by atoms with Crippen molar-refractivity contribution in [2.24, 2.45) is 0 Å². The molecule has 0 aliphatic rings. The van der Waals surface area contributed by atoms with E-state index in [0.29, 0.717) is 47.6 Å². The highest BCUT2D eigenvalue weighted by Crippen LogP contribution is 2.37. The minimum Gasteiger partial charge on any atom is -0.490 e. The topological polar surface area (TPSA) is 96.0 Å². The van der Waals surface area contributed by atoms with Crippen LogP contribution in [0.4, 0.5) is 21.9 Å². The summed E-state index contributed by atoms with van der Waals surface area (Å²) in [5.74, 6) is 1.73. The number of aromatic nitrogens is 1. The quantitative estimate of drug-likeness (QED) is 0.127. The highest BCUT2D eigenvalue weighted by Gasteiger charge is 2.15. The number of fused-ring (bicyclic) bond motifs is 2. The van der Waals surface area contributed by atoms with Crippen molar-refractivity contribution >= 4 is 68.2 Å². The first kappa shape index (κ1) is 28.7. The lowest BCUT2D eigenvalue weighted by Crippen LogP contribution is -2.32. The van der Waals surface area contributed by atoms with Gasteiger partial charge in [0.2, 0.25) is 0 Å². The molecule has 0 radical (unpaired) electrons. The third-order valence-electron chi connectivity index (χ3n) is 6.11. The number of carbonyl (C=O) groups excluding carboxylic acids is 1. The van der Waals surface area contributed by atoms with Crippen LogP contribution < -0.4 is 15.4 Å². The van der Waals surface area contributed by atoms with Gasteiger partial charge in [0.15, 0.2) is 0 Å². The lowest BCUT2D eigenvalue weighted by atomic mass is 10.1. The number of halogens is 2. The second-order valence-corrected chi connectivity index (χ2v) is 9.53. The molecule has 0 aliphatic heterocycles. The molecule has 0 saturated heterocycles. The number of amides is 1. The van der Waals surface area contributed by atoms with E-state index in [1.54, 1.807) is 19.1 Å². The van der Waals surface area contributed by atoms with Gasteiger partial charge < -0.3 is 19.9 Å². The molecule has 4 aromatic rings. The van der Waals surface area contributed by atoms with Crippen LogP contribution in [0.15, 0.2) is 60.7 Å². The number of para-hydroxylation sites is 2. The Morgan fingerprint density at radius 2 is 1.72 bits per heavy atom. The van der Waals surface area contributed by atoms with Crippen molar-refractivity contribution in [3.8, 4) is 5.75 Å². The van der Waals surface area contributed by atoms with Gasteiger partial charge in [-0.15, -0.1) is 23.2 Å². The van der Waals surface area contributed by atoms with Gasteiger partial charge in [0.25, 0.3) is 0 Å². The zero-order valence-electron chi connectivity index (χ0n) is 21.8. The minimum atomic E-state index is -0.559. The monoisotopic (exact) mass is 570 g/mol. The van der Waals surface area contributed by atoms with E-state index >= 15 is 0 Å². The van der Waals surface area contributed by atoms with E-state index in [1.165, 1.54) is 0 Å². The number of rotatable bonds is 13. The van der Waals surface area contributed by atoms with Gasteiger partial charge in [0.05, 0.1) is 24.4 Å². The summed E-state index contributed by atoms with van der Waals surface area (Å²) in [7, 11) is 0. The molecule has 1 aromatic heterocycles. The van der Waals surface area contributed by atoms with Crippen molar-refractivity contribution in [2.45, 2.75) is 13.5 Å². The minimum absolute atomic E-state index is 0.187. The van der Waals surface area contributed by atoms with E-state index in [9.17, 15) is 9.90 Å². The van der Waals surface area contributed by atoms with Crippen molar-refractivity contribution in [3.05, 3.63) is 66.2 Å². The summed E-state index contributed by atoms with van der Waals surface area (Å²) < 4.78 is 11.2. The van der Waals surface area contributed by atoms with Crippen molar-refractivity contribution in [3.63, 3.8) is 0 Å². The number of nitrogens with one attached hydrogen (secondary N) is 2. The van der Waals surface area contributed by atoms with Gasteiger partial charge in [-0.1, -0.05) is 30.3 Å². The first-order chi connectivity index (χ1) is 19.1. The fraction of sp³-hybridized carbons (Fsp3) is 0.310. The normalized spacial score (nSPS) is 11.2. The van der Waals surface area contributed by atoms with Crippen LogP contribution in [0.5, 0.6) is 5.75 Å². The summed E-state index contributed by atoms with van der Waals surface area (Å²) in [5, 5.41) is 17.9. The van der Waals surface area contributed by atoms with Gasteiger partial charge in [0.1, 0.15) is 17.9 Å². The van der Waals surface area contributed by atoms with Crippen LogP contribution in [-0.4, -0.2) is 65.7 Å². The molecule has 206 valence electrons. The van der Waals surface area contributed by atoms with Gasteiger partial charge in [0, 0.05) is 53.5 Å². The van der Waals surface area contributed by atoms with Crippen LogP contribution in [0.3, 0.4) is 0 Å². The number of ether oxygens (including phenoxy) is 2. The summed E-state index contributed by atoms with van der Waals surface area (Å²) in [6.45, 7) is 4.45. The summed E-state index contributed by atoms with van der Waals surface area (Å²) in [6.07, 6.45) is -0.559. The number of aliphatic hydroxyl groups is 1. The Kier molecular flexibility index (Phi) is 10.4. The summed E-state index contributed by atoms with van der Waals surface area (Å²) in [4.78, 5) is 19.1. The molecule has 3 N–H and O–H groups in total. The van der Waals surface area contributed by atoms with Crippen LogP contribution in [0, 0.1) is 0 Å². The predicted molar refractivity (Wildman–Crippen MR) is 159 cm³/mol. The highest BCUT2D eigenvalue weighted by molar-refractivity contribution is 6.18. The molecule has 0 unspecified atom stereocenters. The van der Waals surface area contributed by atoms with Crippen molar-refractivity contribution in [2.75, 3.05) is 55.2 Å². The molecule has 8 nitrogen and oxygen atoms in total. The lowest BCUT2D eigenvalue weighted by molar-refractivity contribution is 0.168. The smallest absolute Gasteiger partial charge is 0.411 e. The van der Waals surface area contributed by atoms with Crippen LogP contribution in [0.2, 0.25) is 0 Å². The molecule has 1 heterocycles. The fourth-order valence-electron chi connectivity index (χ4n) is 4.35. The standard InChI is InChI=1S/C29H32Cl2N4O4/c1-2-38-29(37)33-22-17-20(19-36)16-21(18-22)32-27-23-6-3-4-8-25(23)34-28-24(27)7-5-9-26(28)39-15-14-35(12-10-30)13-11-31/h3-9,16-18,36H,2,10-15,19H2,1H3,(H,32,34)(H,33,37). The van der Waals surface area contributed by atoms with E-state index in [0.717, 1.165) is 40.6 Å². The van der Waals surface area contributed by atoms with Crippen LogP contribution in [0.1, 0.15) is 12.5 Å². The second kappa shape index (κ2) is 14.2. The number of nitrogens with zero attached hydrogens (tertiary/aromatic N) is 2. The third-order valence-corrected chi connectivity index (χ3v) is 6.45. The molecular weight excluding hydrogens is 539 g/mol. The Balaban J connectivity index is 1.70. The number of pyridine rings is 1. The van der Waals surface area contributed by atoms with E-state index in [-0.39, 0.29) is 13.2 Å². The van der Waals surface area contributed by atoms with E-state index < -0.39 is 6.09 Å². The molecule has 1 amide bonds. The largest absolute Gasteiger partial charge is 0.490 e. The fourth-order valence-corrected chi connectivity index (χ4v) is 4.83. The van der Waals surface area contributed by atoms with Crippen molar-refractivity contribution in [1.82, 2.24) is 9.88 Å². The van der Waals surface area contributed by atoms with E-state index in [2.05, 4.69) is 15.5 Å². The van der Waals surface area contributed by atoms with Gasteiger partial charge in [-0.3, -0.25) is 10.2 Å². The summed E-state index contributed by atoms with van der Waals surface area (Å²) >= 11 is 11.9. The number of hydrogen-bond acceptors (Lipinski definition) is 7. The van der Waals surface area contributed by atoms with Crippen molar-refractivity contribution < 1.29 is 19.4 Å². The first-order valence-electron chi connectivity index (χ1n) is 12.8. The maximum absolute atomic E-state index is 12.0. The van der Waals surface area contributed by atoms with Gasteiger partial charge in [-0.05, 0) is 42.8 Å². The first-order valence-corrected chi connectivity index (χ1v) is 13.9. The molecule has 0 aliphatic carbocycles. The van der Waals surface area contributed by atoms with Crippen LogP contribution >= 0.6 is 23.2 Å².